The number of alkyl halides is 1. The second-order valence-electron chi connectivity index (χ2n) is 4.17. The van der Waals surface area contributed by atoms with E-state index in [1.807, 2.05) is 0 Å². The van der Waals surface area contributed by atoms with Crippen LogP contribution in [0.2, 0.25) is 0 Å². The number of hydrogen-bond donors (Lipinski definition) is 2. The highest BCUT2D eigenvalue weighted by molar-refractivity contribution is 6.17. The summed E-state index contributed by atoms with van der Waals surface area (Å²) in [5.74, 6) is 0.488. The molecule has 0 saturated carbocycles. The summed E-state index contributed by atoms with van der Waals surface area (Å²) in [5.41, 5.74) is 1.97. The van der Waals surface area contributed by atoms with Crippen LogP contribution in [0.25, 0.3) is 0 Å². The van der Waals surface area contributed by atoms with Gasteiger partial charge in [-0.3, -0.25) is 4.79 Å². The molecule has 4 nitrogen and oxygen atoms in total. The summed E-state index contributed by atoms with van der Waals surface area (Å²) in [5, 5.41) is 12.4. The third kappa shape index (κ3) is 3.22. The summed E-state index contributed by atoms with van der Waals surface area (Å²) in [6.07, 6.45) is 0. The first kappa shape index (κ1) is 14.2. The lowest BCUT2D eigenvalue weighted by atomic mass is 10.1. The molecule has 0 atom stereocenters. The topological polar surface area (TPSA) is 58.6 Å². The SMILES string of the molecule is COc1ccc(NC(=O)c2ccc(CCl)cc2)cc1O. The van der Waals surface area contributed by atoms with Gasteiger partial charge < -0.3 is 15.2 Å². The van der Waals surface area contributed by atoms with Gasteiger partial charge in [-0.1, -0.05) is 12.1 Å². The Kier molecular flexibility index (Phi) is 4.48. The maximum atomic E-state index is 12.0. The van der Waals surface area contributed by atoms with Crippen molar-refractivity contribution in [1.29, 1.82) is 0 Å². The van der Waals surface area contributed by atoms with Crippen molar-refractivity contribution in [2.24, 2.45) is 0 Å². The standard InChI is InChI=1S/C15H14ClNO3/c1-20-14-7-6-12(8-13(14)18)17-15(19)11-4-2-10(9-16)3-5-11/h2-8,18H,9H2,1H3,(H,17,19). The molecule has 0 aliphatic heterocycles. The summed E-state index contributed by atoms with van der Waals surface area (Å²) in [7, 11) is 1.46. The van der Waals surface area contributed by atoms with E-state index in [1.165, 1.54) is 13.2 Å². The highest BCUT2D eigenvalue weighted by atomic mass is 35.5. The maximum Gasteiger partial charge on any atom is 0.255 e. The van der Waals surface area contributed by atoms with Gasteiger partial charge in [0, 0.05) is 23.2 Å². The normalized spacial score (nSPS) is 10.1. The second-order valence-corrected chi connectivity index (χ2v) is 4.44. The monoisotopic (exact) mass is 291 g/mol. The predicted molar refractivity (Wildman–Crippen MR) is 78.6 cm³/mol. The minimum atomic E-state index is -0.254. The number of methoxy groups -OCH3 is 1. The number of carbonyl (C=O) groups excluding carboxylic acids is 1. The molecule has 5 heteroatoms. The summed E-state index contributed by atoms with van der Waals surface area (Å²) in [6.45, 7) is 0. The van der Waals surface area contributed by atoms with Crippen molar-refractivity contribution in [2.45, 2.75) is 5.88 Å². The van der Waals surface area contributed by atoms with Crippen molar-refractivity contribution in [3.63, 3.8) is 0 Å². The number of phenolic OH excluding ortho intramolecular Hbond substituents is 1. The Morgan fingerprint density at radius 3 is 2.50 bits per heavy atom. The van der Waals surface area contributed by atoms with Crippen molar-refractivity contribution in [1.82, 2.24) is 0 Å². The van der Waals surface area contributed by atoms with Crippen LogP contribution < -0.4 is 10.1 Å². The van der Waals surface area contributed by atoms with E-state index >= 15 is 0 Å². The van der Waals surface area contributed by atoms with Gasteiger partial charge >= 0.3 is 0 Å². The number of aromatic hydroxyl groups is 1. The van der Waals surface area contributed by atoms with Crippen molar-refractivity contribution >= 4 is 23.2 Å². The molecule has 0 spiro atoms. The molecule has 1 amide bonds. The van der Waals surface area contributed by atoms with Crippen molar-refractivity contribution in [2.75, 3.05) is 12.4 Å². The van der Waals surface area contributed by atoms with Crippen molar-refractivity contribution in [3.8, 4) is 11.5 Å². The average molecular weight is 292 g/mol. The number of amides is 1. The quantitative estimate of drug-likeness (QED) is 0.849. The Morgan fingerprint density at radius 1 is 1.25 bits per heavy atom. The van der Waals surface area contributed by atoms with E-state index in [-0.39, 0.29) is 11.7 Å². The number of benzene rings is 2. The highest BCUT2D eigenvalue weighted by Gasteiger charge is 2.08. The Labute approximate surface area is 122 Å². The van der Waals surface area contributed by atoms with E-state index in [1.54, 1.807) is 36.4 Å². The van der Waals surface area contributed by atoms with Gasteiger partial charge in [-0.25, -0.2) is 0 Å². The number of rotatable bonds is 4. The number of anilines is 1. The zero-order chi connectivity index (χ0) is 14.5. The molecular formula is C15H14ClNO3. The molecule has 0 saturated heterocycles. The molecule has 0 aliphatic carbocycles. The molecule has 0 radical (unpaired) electrons. The van der Waals surface area contributed by atoms with Crippen LogP contribution in [-0.2, 0) is 5.88 Å². The van der Waals surface area contributed by atoms with Crippen LogP contribution in [0.4, 0.5) is 5.69 Å². The lowest BCUT2D eigenvalue weighted by Gasteiger charge is -2.08. The number of phenols is 1. The molecule has 0 unspecified atom stereocenters. The van der Waals surface area contributed by atoms with Crippen LogP contribution in [0, 0.1) is 0 Å². The first-order chi connectivity index (χ1) is 9.63. The second kappa shape index (κ2) is 6.30. The molecule has 20 heavy (non-hydrogen) atoms. The maximum absolute atomic E-state index is 12.0. The zero-order valence-electron chi connectivity index (χ0n) is 10.9. The fourth-order valence-corrected chi connectivity index (χ4v) is 1.89. The Hall–Kier alpha value is -2.20. The molecule has 2 rings (SSSR count). The van der Waals surface area contributed by atoms with Gasteiger partial charge in [0.25, 0.3) is 5.91 Å². The highest BCUT2D eigenvalue weighted by Crippen LogP contribution is 2.28. The molecular weight excluding hydrogens is 278 g/mol. The van der Waals surface area contributed by atoms with Gasteiger partial charge in [-0.15, -0.1) is 11.6 Å². The van der Waals surface area contributed by atoms with Crippen molar-refractivity contribution < 1.29 is 14.6 Å². The number of nitrogens with one attached hydrogen (secondary N) is 1. The van der Waals surface area contributed by atoms with Crippen molar-refractivity contribution in [3.05, 3.63) is 53.6 Å². The minimum absolute atomic E-state index is 0.0252. The Morgan fingerprint density at radius 2 is 1.95 bits per heavy atom. The number of carbonyl (C=O) groups is 1. The van der Waals surface area contributed by atoms with Crippen LogP contribution in [0.3, 0.4) is 0 Å². The van der Waals surface area contributed by atoms with Crippen LogP contribution in [0.5, 0.6) is 11.5 Å². The van der Waals surface area contributed by atoms with Gasteiger partial charge in [0.05, 0.1) is 7.11 Å². The fourth-order valence-electron chi connectivity index (χ4n) is 1.72. The van der Waals surface area contributed by atoms with E-state index in [0.29, 0.717) is 22.9 Å². The molecule has 0 bridgehead atoms. The van der Waals surface area contributed by atoms with E-state index in [2.05, 4.69) is 5.32 Å². The molecule has 2 aromatic carbocycles. The predicted octanol–water partition coefficient (Wildman–Crippen LogP) is 3.39. The van der Waals surface area contributed by atoms with Gasteiger partial charge in [-0.05, 0) is 29.8 Å². The number of halogens is 1. The first-order valence-electron chi connectivity index (χ1n) is 5.97. The summed E-state index contributed by atoms with van der Waals surface area (Å²) < 4.78 is 4.94. The minimum Gasteiger partial charge on any atom is -0.504 e. The molecule has 2 aromatic rings. The van der Waals surface area contributed by atoms with E-state index in [4.69, 9.17) is 16.3 Å². The number of hydrogen-bond acceptors (Lipinski definition) is 3. The van der Waals surface area contributed by atoms with Gasteiger partial charge in [0.1, 0.15) is 0 Å². The van der Waals surface area contributed by atoms with E-state index in [0.717, 1.165) is 5.56 Å². The summed E-state index contributed by atoms with van der Waals surface area (Å²) in [6, 6.07) is 11.7. The third-order valence-electron chi connectivity index (χ3n) is 2.81. The third-order valence-corrected chi connectivity index (χ3v) is 3.12. The largest absolute Gasteiger partial charge is 0.504 e. The molecule has 0 heterocycles. The van der Waals surface area contributed by atoms with Gasteiger partial charge in [-0.2, -0.15) is 0 Å². The van der Waals surface area contributed by atoms with Crippen LogP contribution in [0.15, 0.2) is 42.5 Å². The van der Waals surface area contributed by atoms with Gasteiger partial charge in [0.15, 0.2) is 11.5 Å². The molecule has 104 valence electrons. The lowest BCUT2D eigenvalue weighted by Crippen LogP contribution is -2.11. The molecule has 2 N–H and O–H groups in total. The van der Waals surface area contributed by atoms with Crippen LogP contribution >= 0.6 is 11.6 Å². The van der Waals surface area contributed by atoms with E-state index < -0.39 is 0 Å². The molecule has 0 aromatic heterocycles. The smallest absolute Gasteiger partial charge is 0.255 e. The Bertz CT molecular complexity index is 611. The van der Waals surface area contributed by atoms with Gasteiger partial charge in [0.2, 0.25) is 0 Å². The number of ether oxygens (including phenoxy) is 1. The summed E-state index contributed by atoms with van der Waals surface area (Å²) in [4.78, 5) is 12.0. The average Bonchev–Trinajstić information content (AvgIpc) is 2.47. The van der Waals surface area contributed by atoms with Crippen LogP contribution in [0.1, 0.15) is 15.9 Å². The fraction of sp³-hybridized carbons (Fsp3) is 0.133. The molecule has 0 fully saturated rings. The Balaban J connectivity index is 2.12. The van der Waals surface area contributed by atoms with E-state index in [9.17, 15) is 9.90 Å². The van der Waals surface area contributed by atoms with Crippen LogP contribution in [-0.4, -0.2) is 18.1 Å². The molecule has 0 aliphatic rings. The zero-order valence-corrected chi connectivity index (χ0v) is 11.6. The first-order valence-corrected chi connectivity index (χ1v) is 6.50. The summed E-state index contributed by atoms with van der Waals surface area (Å²) >= 11 is 5.69. The lowest BCUT2D eigenvalue weighted by molar-refractivity contribution is 0.102.